The Balaban J connectivity index is 1.17. The molecule has 0 saturated carbocycles. The van der Waals surface area contributed by atoms with E-state index in [0.717, 1.165) is 10.8 Å². The van der Waals surface area contributed by atoms with Gasteiger partial charge >= 0.3 is 0 Å². The summed E-state index contributed by atoms with van der Waals surface area (Å²) in [4.78, 5) is 14.0. The second-order valence-corrected chi connectivity index (χ2v) is 11.2. The summed E-state index contributed by atoms with van der Waals surface area (Å²) in [6.07, 6.45) is 0. The van der Waals surface area contributed by atoms with Crippen LogP contribution >= 0.6 is 0 Å². The van der Waals surface area contributed by atoms with Gasteiger partial charge in [-0.05, 0) is 40.9 Å². The highest BCUT2D eigenvalue weighted by Crippen LogP contribution is 2.37. The quantitative estimate of drug-likeness (QED) is 0.184. The lowest BCUT2D eigenvalue weighted by atomic mass is 9.98. The summed E-state index contributed by atoms with van der Waals surface area (Å²) in [7, 11) is 0. The number of furan rings is 2. The number of fused-ring (bicyclic) bond motifs is 6. The number of benzene rings is 7. The first-order valence-electron chi connectivity index (χ1n) is 22.9. The lowest BCUT2D eigenvalue weighted by molar-refractivity contribution is 0.669. The van der Waals surface area contributed by atoms with Crippen LogP contribution in [-0.4, -0.2) is 15.0 Å². The van der Waals surface area contributed by atoms with Gasteiger partial charge in [-0.1, -0.05) is 139 Å². The van der Waals surface area contributed by atoms with Crippen molar-refractivity contribution in [3.05, 3.63) is 163 Å². The molecule has 10 rings (SSSR count). The summed E-state index contributed by atoms with van der Waals surface area (Å²) >= 11 is 0. The van der Waals surface area contributed by atoms with Crippen LogP contribution in [0.1, 0.15) is 20.6 Å². The van der Waals surface area contributed by atoms with Crippen LogP contribution in [0.15, 0.2) is 172 Å². The number of nitrogens with zero attached hydrogens (tertiary/aromatic N) is 3. The molecule has 0 aliphatic carbocycles. The van der Waals surface area contributed by atoms with Crippen LogP contribution in [0.3, 0.4) is 0 Å². The topological polar surface area (TPSA) is 65.0 Å². The van der Waals surface area contributed by atoms with Crippen molar-refractivity contribution in [1.29, 1.82) is 0 Å². The van der Waals surface area contributed by atoms with Gasteiger partial charge in [-0.15, -0.1) is 0 Å². The molecular formula is C45H27N3O2. The van der Waals surface area contributed by atoms with E-state index in [9.17, 15) is 5.48 Å². The normalized spacial score (nSPS) is 15.8. The van der Waals surface area contributed by atoms with E-state index < -0.39 is 124 Å². The third-order valence-corrected chi connectivity index (χ3v) is 8.21. The van der Waals surface area contributed by atoms with Crippen molar-refractivity contribution >= 4 is 43.9 Å². The Bertz CT molecular complexity index is 3680. The summed E-state index contributed by atoms with van der Waals surface area (Å²) in [6.45, 7) is 0. The predicted molar refractivity (Wildman–Crippen MR) is 202 cm³/mol. The molecule has 10 aromatic rings. The second kappa shape index (κ2) is 11.4. The molecule has 0 saturated heterocycles. The van der Waals surface area contributed by atoms with E-state index in [-0.39, 0.29) is 33.8 Å². The molecule has 3 aromatic heterocycles. The van der Waals surface area contributed by atoms with Crippen LogP contribution in [-0.2, 0) is 0 Å². The molecule has 0 spiro atoms. The predicted octanol–water partition coefficient (Wildman–Crippen LogP) is 12.0. The Morgan fingerprint density at radius 2 is 1.00 bits per heavy atom. The zero-order valence-corrected chi connectivity index (χ0v) is 25.6. The number of para-hydroxylation sites is 3. The van der Waals surface area contributed by atoms with Crippen molar-refractivity contribution in [3.63, 3.8) is 0 Å². The van der Waals surface area contributed by atoms with E-state index in [1.807, 2.05) is 30.3 Å². The first-order chi connectivity index (χ1) is 31.0. The fourth-order valence-electron chi connectivity index (χ4n) is 5.81. The van der Waals surface area contributed by atoms with E-state index in [1.54, 1.807) is 42.5 Å². The average Bonchev–Trinajstić information content (AvgIpc) is 3.90. The van der Waals surface area contributed by atoms with Crippen LogP contribution in [0.4, 0.5) is 0 Å². The zero-order chi connectivity index (χ0) is 46.1. The Morgan fingerprint density at radius 1 is 0.380 bits per heavy atom. The molecule has 0 aliphatic heterocycles. The summed E-state index contributed by atoms with van der Waals surface area (Å²) in [5, 5.41) is 1.19. The molecule has 0 N–H and O–H groups in total. The van der Waals surface area contributed by atoms with Crippen LogP contribution in [0, 0.1) is 0 Å². The first-order valence-corrected chi connectivity index (χ1v) is 15.4. The minimum absolute atomic E-state index is 0.132. The van der Waals surface area contributed by atoms with Crippen molar-refractivity contribution in [2.75, 3.05) is 0 Å². The molecule has 7 aromatic carbocycles. The summed E-state index contributed by atoms with van der Waals surface area (Å²) in [5.41, 5.74) is -1.15. The van der Waals surface area contributed by atoms with Crippen LogP contribution in [0.25, 0.3) is 100 Å². The van der Waals surface area contributed by atoms with Crippen molar-refractivity contribution in [2.24, 2.45) is 0 Å². The Morgan fingerprint density at radius 3 is 1.80 bits per heavy atom. The fraction of sp³-hybridized carbons (Fsp3) is 0. The molecule has 0 amide bonds. The Hall–Kier alpha value is -6.85. The van der Waals surface area contributed by atoms with Crippen molar-refractivity contribution in [2.45, 2.75) is 0 Å². The number of rotatable bonds is 5. The van der Waals surface area contributed by atoms with Crippen LogP contribution in [0.2, 0.25) is 0 Å². The molecule has 0 aliphatic rings. The lowest BCUT2D eigenvalue weighted by Gasteiger charge is -2.09. The Kier molecular flexibility index (Phi) is 3.87. The first kappa shape index (κ1) is 17.0. The van der Waals surface area contributed by atoms with Gasteiger partial charge in [0.1, 0.15) is 22.3 Å². The van der Waals surface area contributed by atoms with Crippen LogP contribution < -0.4 is 0 Å². The monoisotopic (exact) mass is 656 g/mol. The number of hydrogen-bond donors (Lipinski definition) is 0. The van der Waals surface area contributed by atoms with Crippen molar-refractivity contribution in [1.82, 2.24) is 15.0 Å². The minimum Gasteiger partial charge on any atom is -0.456 e. The third kappa shape index (κ3) is 4.75. The second-order valence-electron chi connectivity index (χ2n) is 11.2. The molecule has 234 valence electrons. The van der Waals surface area contributed by atoms with Gasteiger partial charge in [-0.3, -0.25) is 0 Å². The maximum Gasteiger partial charge on any atom is 0.164 e. The van der Waals surface area contributed by atoms with E-state index >= 15 is 0 Å². The van der Waals surface area contributed by atoms with Gasteiger partial charge in [0.05, 0.1) is 20.6 Å². The highest BCUT2D eigenvalue weighted by Gasteiger charge is 2.16. The highest BCUT2D eigenvalue weighted by atomic mass is 16.3. The van der Waals surface area contributed by atoms with E-state index in [2.05, 4.69) is 9.97 Å². The molecule has 0 unspecified atom stereocenters. The largest absolute Gasteiger partial charge is 0.456 e. The van der Waals surface area contributed by atoms with E-state index in [1.165, 1.54) is 0 Å². The SMILES string of the molecule is [2H]c1c([2H])c(-c2c([2H])c([2H])c(-c3c([2H])c([2H])c([2H])c4c3oc3c([2H])c([2H])c([2H])c([2H])c34)c([2H])c2[2H])c([2H])c([2H])c1-c1nc(-c2ccccc2)nc(-c2ccc3c(c2)oc2ccccc23)n1. The molecule has 0 bridgehead atoms. The number of aromatic nitrogens is 3. The van der Waals surface area contributed by atoms with E-state index in [4.69, 9.17) is 28.9 Å². The van der Waals surface area contributed by atoms with Gasteiger partial charge in [0.2, 0.25) is 0 Å². The molecule has 5 heteroatoms. The third-order valence-electron chi connectivity index (χ3n) is 8.21. The maximum atomic E-state index is 9.23. The molecule has 0 atom stereocenters. The van der Waals surface area contributed by atoms with Gasteiger partial charge in [-0.2, -0.15) is 0 Å². The Labute approximate surface area is 308 Å². The van der Waals surface area contributed by atoms with Crippen molar-refractivity contribution in [3.8, 4) is 56.4 Å². The molecule has 3 heterocycles. The van der Waals surface area contributed by atoms with Crippen LogP contribution in [0.5, 0.6) is 0 Å². The number of hydrogen-bond acceptors (Lipinski definition) is 5. The van der Waals surface area contributed by atoms with Gasteiger partial charge < -0.3 is 8.83 Å². The lowest BCUT2D eigenvalue weighted by Crippen LogP contribution is -2.00. The molecule has 0 fully saturated rings. The van der Waals surface area contributed by atoms with Gasteiger partial charge in [0.15, 0.2) is 17.5 Å². The minimum atomic E-state index is -0.835. The summed E-state index contributed by atoms with van der Waals surface area (Å²) in [6, 6.07) is 11.1. The summed E-state index contributed by atoms with van der Waals surface area (Å²) < 4.78 is 145. The highest BCUT2D eigenvalue weighted by molar-refractivity contribution is 6.09. The standard InChI is InChI=1S/C45H27N3O2/c1-2-9-31(10-3-1)43-46-44(48-45(47-43)33-25-26-37-35-11-4-6-15-39(35)49-41(37)27-33)32-23-19-29(20-24-32)28-17-21-30(22-18-28)34-13-8-14-38-36-12-5-7-16-40(36)50-42(34)38/h1-27H/i5D,7D,8D,12D,13D,14D,16D,17D,18D,19D,20D,21D,22D,23D,24D. The van der Waals surface area contributed by atoms with Gasteiger partial charge in [-0.25, -0.2) is 15.0 Å². The van der Waals surface area contributed by atoms with Gasteiger partial charge in [0, 0.05) is 43.8 Å². The smallest absolute Gasteiger partial charge is 0.164 e. The fourth-order valence-corrected chi connectivity index (χ4v) is 5.81. The molecule has 50 heavy (non-hydrogen) atoms. The molecular weight excluding hydrogens is 615 g/mol. The maximum absolute atomic E-state index is 9.23. The summed E-state index contributed by atoms with van der Waals surface area (Å²) in [5.74, 6) is 0.0684. The van der Waals surface area contributed by atoms with E-state index in [0.29, 0.717) is 22.3 Å². The molecule has 5 nitrogen and oxygen atoms in total. The van der Waals surface area contributed by atoms with Gasteiger partial charge in [0.25, 0.3) is 0 Å². The zero-order valence-electron chi connectivity index (χ0n) is 40.6. The average molecular weight is 657 g/mol. The van der Waals surface area contributed by atoms with Crippen molar-refractivity contribution < 1.29 is 29.4 Å². The molecule has 0 radical (unpaired) electrons.